The standard InChI is InChI=1S/C42H25N3/c1-2-13-27(14-3-1)41-38-28-15-5-4-12-26(28)24-25-35(38)43-42(44-41)45-36-22-10-20-33-31-18-8-6-16-29(31)30-17-7-9-19-32(30)34-21-11-23-37(45)40(34)39(33)36/h1-25H. The molecule has 45 heavy (non-hydrogen) atoms. The summed E-state index contributed by atoms with van der Waals surface area (Å²) in [6.07, 6.45) is 0. The lowest BCUT2D eigenvalue weighted by Gasteiger charge is -2.13. The van der Waals surface area contributed by atoms with Gasteiger partial charge in [0, 0.05) is 21.7 Å². The highest BCUT2D eigenvalue weighted by atomic mass is 15.2. The zero-order valence-corrected chi connectivity index (χ0v) is 24.3. The molecule has 0 aliphatic heterocycles. The molecule has 0 radical (unpaired) electrons. The van der Waals surface area contributed by atoms with Crippen LogP contribution >= 0.6 is 0 Å². The van der Waals surface area contributed by atoms with Crippen molar-refractivity contribution in [3.63, 3.8) is 0 Å². The number of rotatable bonds is 2. The lowest BCUT2D eigenvalue weighted by atomic mass is 9.95. The summed E-state index contributed by atoms with van der Waals surface area (Å²) in [6.45, 7) is 0. The van der Waals surface area contributed by atoms with Crippen molar-refractivity contribution in [1.82, 2.24) is 14.5 Å². The average Bonchev–Trinajstić information content (AvgIpc) is 3.46. The van der Waals surface area contributed by atoms with Crippen molar-refractivity contribution in [3.05, 3.63) is 152 Å². The predicted molar refractivity (Wildman–Crippen MR) is 189 cm³/mol. The zero-order chi connectivity index (χ0) is 29.5. The van der Waals surface area contributed by atoms with Crippen molar-refractivity contribution in [2.45, 2.75) is 0 Å². The first-order chi connectivity index (χ1) is 22.3. The van der Waals surface area contributed by atoms with Gasteiger partial charge in [-0.1, -0.05) is 133 Å². The molecule has 0 unspecified atom stereocenters. The Labute approximate surface area is 258 Å². The minimum absolute atomic E-state index is 0.673. The summed E-state index contributed by atoms with van der Waals surface area (Å²) in [7, 11) is 0. The highest BCUT2D eigenvalue weighted by Crippen LogP contribution is 2.43. The fraction of sp³-hybridized carbons (Fsp3) is 0. The van der Waals surface area contributed by atoms with Crippen LogP contribution < -0.4 is 0 Å². The number of nitrogens with zero attached hydrogens (tertiary/aromatic N) is 3. The molecule has 0 N–H and O–H groups in total. The van der Waals surface area contributed by atoms with Crippen LogP contribution in [0.15, 0.2) is 152 Å². The summed E-state index contributed by atoms with van der Waals surface area (Å²) in [6, 6.07) is 54.2. The highest BCUT2D eigenvalue weighted by Gasteiger charge is 2.21. The van der Waals surface area contributed by atoms with Crippen molar-refractivity contribution in [3.8, 4) is 17.2 Å². The average molecular weight is 572 g/mol. The van der Waals surface area contributed by atoms with E-state index in [2.05, 4.69) is 156 Å². The third-order valence-electron chi connectivity index (χ3n) is 9.36. The largest absolute Gasteiger partial charge is 0.278 e. The Morgan fingerprint density at radius 1 is 0.356 bits per heavy atom. The third-order valence-corrected chi connectivity index (χ3v) is 9.36. The van der Waals surface area contributed by atoms with Crippen molar-refractivity contribution < 1.29 is 0 Å². The van der Waals surface area contributed by atoms with Crippen LogP contribution in [0.5, 0.6) is 0 Å². The fourth-order valence-electron chi connectivity index (χ4n) is 7.47. The molecule has 3 heteroatoms. The second kappa shape index (κ2) is 9.22. The van der Waals surface area contributed by atoms with Crippen LogP contribution in [0.25, 0.3) is 93.0 Å². The molecule has 0 amide bonds. The molecule has 0 saturated carbocycles. The van der Waals surface area contributed by atoms with E-state index in [1.165, 1.54) is 48.5 Å². The van der Waals surface area contributed by atoms with Crippen LogP contribution in [-0.2, 0) is 0 Å². The minimum Gasteiger partial charge on any atom is -0.278 e. The maximum atomic E-state index is 5.43. The van der Waals surface area contributed by atoms with Crippen LogP contribution in [0.3, 0.4) is 0 Å². The molecule has 0 fully saturated rings. The van der Waals surface area contributed by atoms with E-state index in [-0.39, 0.29) is 0 Å². The SMILES string of the molecule is c1ccc(-c2nc(-n3c4cccc5c6ccccc6c6ccccc6c6cccc3c6c54)nc3ccc4ccccc4c23)cc1. The van der Waals surface area contributed by atoms with Gasteiger partial charge < -0.3 is 0 Å². The van der Waals surface area contributed by atoms with Crippen molar-refractivity contribution in [2.24, 2.45) is 0 Å². The van der Waals surface area contributed by atoms with E-state index in [9.17, 15) is 0 Å². The molecule has 8 aromatic carbocycles. The number of hydrogen-bond donors (Lipinski definition) is 0. The summed E-state index contributed by atoms with van der Waals surface area (Å²) in [5, 5.41) is 13.3. The maximum Gasteiger partial charge on any atom is 0.235 e. The summed E-state index contributed by atoms with van der Waals surface area (Å²) in [5.41, 5.74) is 5.14. The molecule has 0 bridgehead atoms. The summed E-state index contributed by atoms with van der Waals surface area (Å²) >= 11 is 0. The molecule has 2 heterocycles. The van der Waals surface area contributed by atoms with Crippen molar-refractivity contribution >= 4 is 75.8 Å². The Balaban J connectivity index is 1.44. The number of benzene rings is 7. The van der Waals surface area contributed by atoms with E-state index in [1.54, 1.807) is 0 Å². The first kappa shape index (κ1) is 24.4. The Bertz CT molecular complexity index is 2700. The zero-order valence-electron chi connectivity index (χ0n) is 24.3. The minimum atomic E-state index is 0.673. The molecule has 10 aromatic rings. The van der Waals surface area contributed by atoms with Crippen LogP contribution in [0.1, 0.15) is 0 Å². The molecular formula is C42H25N3. The highest BCUT2D eigenvalue weighted by molar-refractivity contribution is 6.33. The Kier molecular flexibility index (Phi) is 5.00. The third kappa shape index (κ3) is 3.41. The van der Waals surface area contributed by atoms with E-state index < -0.39 is 0 Å². The second-order valence-corrected chi connectivity index (χ2v) is 11.7. The van der Waals surface area contributed by atoms with Gasteiger partial charge >= 0.3 is 0 Å². The first-order valence-electron chi connectivity index (χ1n) is 15.4. The van der Waals surface area contributed by atoms with E-state index in [1.807, 2.05) is 0 Å². The fourth-order valence-corrected chi connectivity index (χ4v) is 7.47. The summed E-state index contributed by atoms with van der Waals surface area (Å²) in [4.78, 5) is 10.8. The maximum absolute atomic E-state index is 5.43. The lowest BCUT2D eigenvalue weighted by molar-refractivity contribution is 1.01. The van der Waals surface area contributed by atoms with Gasteiger partial charge in [0.1, 0.15) is 0 Å². The van der Waals surface area contributed by atoms with Crippen LogP contribution in [-0.4, -0.2) is 14.5 Å². The summed E-state index contributed by atoms with van der Waals surface area (Å²) < 4.78 is 2.27. The van der Waals surface area contributed by atoms with E-state index >= 15 is 0 Å². The first-order valence-corrected chi connectivity index (χ1v) is 15.4. The number of aromatic nitrogens is 3. The molecule has 0 saturated heterocycles. The van der Waals surface area contributed by atoms with Crippen LogP contribution in [0.2, 0.25) is 0 Å². The molecule has 0 spiro atoms. The molecule has 10 rings (SSSR count). The van der Waals surface area contributed by atoms with Crippen LogP contribution in [0, 0.1) is 0 Å². The van der Waals surface area contributed by atoms with Crippen LogP contribution in [0.4, 0.5) is 0 Å². The molecule has 3 nitrogen and oxygen atoms in total. The van der Waals surface area contributed by atoms with Gasteiger partial charge in [-0.15, -0.1) is 0 Å². The van der Waals surface area contributed by atoms with Gasteiger partial charge in [-0.3, -0.25) is 4.57 Å². The van der Waals surface area contributed by atoms with Gasteiger partial charge in [-0.05, 0) is 61.3 Å². The van der Waals surface area contributed by atoms with Gasteiger partial charge in [0.05, 0.1) is 22.2 Å². The quantitative estimate of drug-likeness (QED) is 0.193. The van der Waals surface area contributed by atoms with Gasteiger partial charge in [0.25, 0.3) is 0 Å². The molecule has 208 valence electrons. The Morgan fingerprint density at radius 3 is 1.49 bits per heavy atom. The van der Waals surface area contributed by atoms with E-state index in [4.69, 9.17) is 9.97 Å². The van der Waals surface area contributed by atoms with Crippen molar-refractivity contribution in [1.29, 1.82) is 0 Å². The van der Waals surface area contributed by atoms with Crippen molar-refractivity contribution in [2.75, 3.05) is 0 Å². The predicted octanol–water partition coefficient (Wildman–Crippen LogP) is 11.0. The normalized spacial score (nSPS) is 12.0. The van der Waals surface area contributed by atoms with Gasteiger partial charge in [-0.2, -0.15) is 0 Å². The second-order valence-electron chi connectivity index (χ2n) is 11.7. The molecule has 0 aliphatic carbocycles. The smallest absolute Gasteiger partial charge is 0.235 e. The number of fused-ring (bicyclic) bond motifs is 8. The Morgan fingerprint density at radius 2 is 0.867 bits per heavy atom. The Hall–Kier alpha value is -6.06. The van der Waals surface area contributed by atoms with E-state index in [0.29, 0.717) is 5.95 Å². The molecule has 0 aliphatic rings. The molecule has 0 atom stereocenters. The van der Waals surface area contributed by atoms with Gasteiger partial charge in [0.15, 0.2) is 0 Å². The monoisotopic (exact) mass is 571 g/mol. The lowest BCUT2D eigenvalue weighted by Crippen LogP contribution is -2.03. The van der Waals surface area contributed by atoms with E-state index in [0.717, 1.165) is 38.6 Å². The summed E-state index contributed by atoms with van der Waals surface area (Å²) in [5.74, 6) is 0.673. The van der Waals surface area contributed by atoms with Gasteiger partial charge in [0.2, 0.25) is 5.95 Å². The topological polar surface area (TPSA) is 30.7 Å². The molecular weight excluding hydrogens is 546 g/mol. The number of hydrogen-bond acceptors (Lipinski definition) is 2. The molecule has 2 aromatic heterocycles. The van der Waals surface area contributed by atoms with Gasteiger partial charge in [-0.25, -0.2) is 9.97 Å².